The van der Waals surface area contributed by atoms with Crippen LogP contribution in [-0.2, 0) is 6.54 Å². The molecule has 0 atom stereocenters. The lowest BCUT2D eigenvalue weighted by atomic mass is 10.0. The van der Waals surface area contributed by atoms with Crippen molar-refractivity contribution in [1.82, 2.24) is 15.0 Å². The SMILES string of the molecule is CC(C)(C)N(Cc1nc(-c2ccccc2)no1)C(=O)c1cccc(F)c1. The Morgan fingerprint density at radius 1 is 1.12 bits per heavy atom. The molecule has 1 amide bonds. The van der Waals surface area contributed by atoms with Crippen LogP contribution in [0.1, 0.15) is 37.0 Å². The van der Waals surface area contributed by atoms with Gasteiger partial charge in [0.05, 0.1) is 0 Å². The molecule has 0 radical (unpaired) electrons. The van der Waals surface area contributed by atoms with E-state index in [1.807, 2.05) is 51.1 Å². The first-order chi connectivity index (χ1) is 12.3. The molecule has 0 N–H and O–H groups in total. The van der Waals surface area contributed by atoms with Crippen molar-refractivity contribution in [2.24, 2.45) is 0 Å². The van der Waals surface area contributed by atoms with E-state index in [2.05, 4.69) is 10.1 Å². The summed E-state index contributed by atoms with van der Waals surface area (Å²) in [6, 6.07) is 15.1. The summed E-state index contributed by atoms with van der Waals surface area (Å²) >= 11 is 0. The predicted octanol–water partition coefficient (Wildman–Crippen LogP) is 4.32. The molecule has 6 heteroatoms. The first kappa shape index (κ1) is 17.8. The first-order valence-electron chi connectivity index (χ1n) is 8.30. The summed E-state index contributed by atoms with van der Waals surface area (Å²) in [7, 11) is 0. The highest BCUT2D eigenvalue weighted by Gasteiger charge is 2.29. The largest absolute Gasteiger partial charge is 0.337 e. The number of aromatic nitrogens is 2. The third-order valence-electron chi connectivity index (χ3n) is 3.92. The molecule has 0 aliphatic heterocycles. The van der Waals surface area contributed by atoms with Crippen molar-refractivity contribution in [3.63, 3.8) is 0 Å². The normalized spacial score (nSPS) is 11.4. The molecule has 0 aliphatic rings. The Kier molecular flexibility index (Phi) is 4.84. The van der Waals surface area contributed by atoms with Crippen molar-refractivity contribution in [2.75, 3.05) is 0 Å². The number of hydrogen-bond donors (Lipinski definition) is 0. The standard InChI is InChI=1S/C20H20FN3O2/c1-20(2,3)24(19(25)15-10-7-11-16(21)12-15)13-17-22-18(23-26-17)14-8-5-4-6-9-14/h4-12H,13H2,1-3H3. The Balaban J connectivity index is 1.86. The Bertz CT molecular complexity index is 901. The van der Waals surface area contributed by atoms with Crippen LogP contribution in [0.15, 0.2) is 59.1 Å². The molecule has 0 saturated heterocycles. The number of rotatable bonds is 4. The molecule has 5 nitrogen and oxygen atoms in total. The van der Waals surface area contributed by atoms with Crippen LogP contribution < -0.4 is 0 Å². The van der Waals surface area contributed by atoms with Crippen molar-refractivity contribution < 1.29 is 13.7 Å². The van der Waals surface area contributed by atoms with E-state index in [-0.39, 0.29) is 18.0 Å². The van der Waals surface area contributed by atoms with Crippen LogP contribution in [-0.4, -0.2) is 26.5 Å². The summed E-state index contributed by atoms with van der Waals surface area (Å²) in [5, 5.41) is 3.98. The summed E-state index contributed by atoms with van der Waals surface area (Å²) < 4.78 is 18.8. The van der Waals surface area contributed by atoms with Crippen molar-refractivity contribution in [3.8, 4) is 11.4 Å². The van der Waals surface area contributed by atoms with E-state index in [0.29, 0.717) is 11.7 Å². The summed E-state index contributed by atoms with van der Waals surface area (Å²) in [5.41, 5.74) is 0.606. The van der Waals surface area contributed by atoms with Gasteiger partial charge in [-0.15, -0.1) is 0 Å². The highest BCUT2D eigenvalue weighted by molar-refractivity contribution is 5.94. The van der Waals surface area contributed by atoms with Gasteiger partial charge in [0.25, 0.3) is 5.91 Å². The van der Waals surface area contributed by atoms with E-state index < -0.39 is 11.4 Å². The summed E-state index contributed by atoms with van der Waals surface area (Å²) in [4.78, 5) is 18.9. The Morgan fingerprint density at radius 2 is 1.85 bits per heavy atom. The molecular weight excluding hydrogens is 333 g/mol. The zero-order valence-corrected chi connectivity index (χ0v) is 14.9. The summed E-state index contributed by atoms with van der Waals surface area (Å²) in [5.74, 6) is 0.0431. The lowest BCUT2D eigenvalue weighted by molar-refractivity contribution is 0.0526. The minimum atomic E-state index is -0.509. The highest BCUT2D eigenvalue weighted by atomic mass is 19.1. The average molecular weight is 353 g/mol. The molecule has 26 heavy (non-hydrogen) atoms. The number of amides is 1. The number of carbonyl (C=O) groups excluding carboxylic acids is 1. The molecule has 1 aromatic heterocycles. The minimum absolute atomic E-state index is 0.138. The van der Waals surface area contributed by atoms with Crippen LogP contribution >= 0.6 is 0 Å². The van der Waals surface area contributed by atoms with Gasteiger partial charge in [-0.1, -0.05) is 41.6 Å². The van der Waals surface area contributed by atoms with Crippen LogP contribution in [0.25, 0.3) is 11.4 Å². The maximum Gasteiger partial charge on any atom is 0.254 e. The van der Waals surface area contributed by atoms with Crippen LogP contribution in [0.3, 0.4) is 0 Å². The van der Waals surface area contributed by atoms with E-state index >= 15 is 0 Å². The fourth-order valence-electron chi connectivity index (χ4n) is 2.55. The van der Waals surface area contributed by atoms with Gasteiger partial charge >= 0.3 is 0 Å². The van der Waals surface area contributed by atoms with Crippen LogP contribution in [0.4, 0.5) is 4.39 Å². The van der Waals surface area contributed by atoms with Crippen LogP contribution in [0, 0.1) is 5.82 Å². The third-order valence-corrected chi connectivity index (χ3v) is 3.92. The second-order valence-electron chi connectivity index (χ2n) is 6.95. The topological polar surface area (TPSA) is 59.2 Å². The second-order valence-corrected chi connectivity index (χ2v) is 6.95. The Hall–Kier alpha value is -3.02. The summed E-state index contributed by atoms with van der Waals surface area (Å²) in [6.45, 7) is 5.84. The summed E-state index contributed by atoms with van der Waals surface area (Å²) in [6.07, 6.45) is 0. The fraction of sp³-hybridized carbons (Fsp3) is 0.250. The van der Waals surface area contributed by atoms with Crippen LogP contribution in [0.5, 0.6) is 0 Å². The quantitative estimate of drug-likeness (QED) is 0.701. The van der Waals surface area contributed by atoms with Gasteiger partial charge in [-0.2, -0.15) is 4.98 Å². The number of carbonyl (C=O) groups is 1. The van der Waals surface area contributed by atoms with Gasteiger partial charge in [-0.05, 0) is 39.0 Å². The molecule has 1 heterocycles. The molecule has 2 aromatic carbocycles. The van der Waals surface area contributed by atoms with Crippen molar-refractivity contribution >= 4 is 5.91 Å². The molecule has 0 saturated carbocycles. The Morgan fingerprint density at radius 3 is 2.50 bits per heavy atom. The predicted molar refractivity (Wildman–Crippen MR) is 95.8 cm³/mol. The second kappa shape index (κ2) is 7.07. The average Bonchev–Trinajstić information content (AvgIpc) is 3.08. The van der Waals surface area contributed by atoms with Gasteiger partial charge < -0.3 is 9.42 Å². The van der Waals surface area contributed by atoms with Gasteiger partial charge in [-0.3, -0.25) is 4.79 Å². The number of halogens is 1. The van der Waals surface area contributed by atoms with Gasteiger partial charge in [0.15, 0.2) is 0 Å². The molecule has 134 valence electrons. The number of benzene rings is 2. The van der Waals surface area contributed by atoms with Gasteiger partial charge in [0, 0.05) is 16.7 Å². The number of nitrogens with zero attached hydrogens (tertiary/aromatic N) is 3. The van der Waals surface area contributed by atoms with Crippen molar-refractivity contribution in [1.29, 1.82) is 0 Å². The van der Waals surface area contributed by atoms with Crippen molar-refractivity contribution in [2.45, 2.75) is 32.9 Å². The lowest BCUT2D eigenvalue weighted by Gasteiger charge is -2.34. The van der Waals surface area contributed by atoms with Gasteiger partial charge in [0.1, 0.15) is 12.4 Å². The minimum Gasteiger partial charge on any atom is -0.337 e. The molecule has 0 unspecified atom stereocenters. The molecule has 3 rings (SSSR count). The molecular formula is C20H20FN3O2. The molecule has 3 aromatic rings. The zero-order chi connectivity index (χ0) is 18.7. The molecule has 0 fully saturated rings. The highest BCUT2D eigenvalue weighted by Crippen LogP contribution is 2.22. The lowest BCUT2D eigenvalue weighted by Crippen LogP contribution is -2.45. The van der Waals surface area contributed by atoms with E-state index in [1.54, 1.807) is 11.0 Å². The maximum absolute atomic E-state index is 13.5. The van der Waals surface area contributed by atoms with Crippen molar-refractivity contribution in [3.05, 3.63) is 71.9 Å². The van der Waals surface area contributed by atoms with E-state index in [0.717, 1.165) is 5.56 Å². The zero-order valence-electron chi connectivity index (χ0n) is 14.9. The molecule has 0 aliphatic carbocycles. The van der Waals surface area contributed by atoms with Gasteiger partial charge in [-0.25, -0.2) is 4.39 Å². The van der Waals surface area contributed by atoms with Crippen LogP contribution in [0.2, 0.25) is 0 Å². The maximum atomic E-state index is 13.5. The first-order valence-corrected chi connectivity index (χ1v) is 8.30. The fourth-order valence-corrected chi connectivity index (χ4v) is 2.55. The molecule has 0 bridgehead atoms. The monoisotopic (exact) mass is 353 g/mol. The van der Waals surface area contributed by atoms with E-state index in [9.17, 15) is 9.18 Å². The number of hydrogen-bond acceptors (Lipinski definition) is 4. The van der Waals surface area contributed by atoms with E-state index in [4.69, 9.17) is 4.52 Å². The van der Waals surface area contributed by atoms with Gasteiger partial charge in [0.2, 0.25) is 11.7 Å². The third kappa shape index (κ3) is 3.96. The molecule has 0 spiro atoms. The Labute approximate surface area is 151 Å². The van der Waals surface area contributed by atoms with E-state index in [1.165, 1.54) is 18.2 Å². The smallest absolute Gasteiger partial charge is 0.254 e.